The number of hydrogen-bond donors (Lipinski definition) is 0. The van der Waals surface area contributed by atoms with Crippen LogP contribution >= 0.6 is 11.6 Å². The molecule has 1 aliphatic rings. The van der Waals surface area contributed by atoms with Crippen molar-refractivity contribution < 1.29 is 19.0 Å². The molecule has 3 aromatic rings. The van der Waals surface area contributed by atoms with E-state index in [4.69, 9.17) is 25.8 Å². The van der Waals surface area contributed by atoms with Crippen molar-refractivity contribution in [3.63, 3.8) is 0 Å². The summed E-state index contributed by atoms with van der Waals surface area (Å²) in [5.41, 5.74) is 5.45. The van der Waals surface area contributed by atoms with E-state index in [-0.39, 0.29) is 17.9 Å². The van der Waals surface area contributed by atoms with Gasteiger partial charge in [0.1, 0.15) is 0 Å². The lowest BCUT2D eigenvalue weighted by molar-refractivity contribution is 0.0527. The zero-order valence-corrected chi connectivity index (χ0v) is 19.8. The van der Waals surface area contributed by atoms with Gasteiger partial charge in [0, 0.05) is 28.2 Å². The highest BCUT2D eigenvalue weighted by atomic mass is 35.5. The fourth-order valence-electron chi connectivity index (χ4n) is 4.95. The molecule has 2 aromatic carbocycles. The van der Waals surface area contributed by atoms with E-state index in [9.17, 15) is 4.79 Å². The third-order valence-electron chi connectivity index (χ3n) is 6.25. The van der Waals surface area contributed by atoms with Crippen LogP contribution in [0.2, 0.25) is 5.02 Å². The second kappa shape index (κ2) is 8.91. The summed E-state index contributed by atoms with van der Waals surface area (Å²) in [6.45, 7) is 6.33. The van der Waals surface area contributed by atoms with Crippen molar-refractivity contribution in [3.8, 4) is 22.8 Å². The standard InChI is InChI=1S/C26H28ClNO4/c1-6-21-24(16-10-8-9-11-20(16)27)17-13-22(30-4)23(31-5)14-18(17)25-19(26(29)32-7-2)12-15(3)28(21)25/h8-14,21,24H,6-7H2,1-5H3. The first-order valence-electron chi connectivity index (χ1n) is 10.9. The average molecular weight is 454 g/mol. The molecular weight excluding hydrogens is 426 g/mol. The maximum atomic E-state index is 12.9. The fraction of sp³-hybridized carbons (Fsp3) is 0.346. The van der Waals surface area contributed by atoms with E-state index in [0.29, 0.717) is 23.7 Å². The summed E-state index contributed by atoms with van der Waals surface area (Å²) in [5.74, 6) is 0.917. The lowest BCUT2D eigenvalue weighted by atomic mass is 9.77. The molecule has 2 atom stereocenters. The molecule has 5 nitrogen and oxygen atoms in total. The summed E-state index contributed by atoms with van der Waals surface area (Å²) in [6.07, 6.45) is 0.856. The van der Waals surface area contributed by atoms with Crippen molar-refractivity contribution in [2.24, 2.45) is 0 Å². The van der Waals surface area contributed by atoms with E-state index in [0.717, 1.165) is 39.5 Å². The van der Waals surface area contributed by atoms with Gasteiger partial charge in [-0.2, -0.15) is 0 Å². The van der Waals surface area contributed by atoms with Crippen LogP contribution in [-0.2, 0) is 4.74 Å². The summed E-state index contributed by atoms with van der Waals surface area (Å²) in [6, 6.07) is 13.9. The van der Waals surface area contributed by atoms with Crippen LogP contribution in [-0.4, -0.2) is 31.4 Å². The van der Waals surface area contributed by atoms with Crippen LogP contribution in [0.25, 0.3) is 11.3 Å². The first kappa shape index (κ1) is 22.3. The number of nitrogens with zero attached hydrogens (tertiary/aromatic N) is 1. The molecule has 1 aliphatic heterocycles. The van der Waals surface area contributed by atoms with Crippen LogP contribution in [0.4, 0.5) is 0 Å². The molecule has 0 aliphatic carbocycles. The Balaban J connectivity index is 2.08. The van der Waals surface area contributed by atoms with E-state index < -0.39 is 0 Å². The summed E-state index contributed by atoms with van der Waals surface area (Å²) in [4.78, 5) is 12.9. The molecule has 0 amide bonds. The molecule has 0 fully saturated rings. The van der Waals surface area contributed by atoms with Crippen LogP contribution in [0.1, 0.15) is 59.4 Å². The SMILES string of the molecule is CCOC(=O)c1cc(C)n2c1-c1cc(OC)c(OC)cc1C(c1ccccc1Cl)C2CC. The molecular formula is C26H28ClNO4. The Kier molecular flexibility index (Phi) is 6.20. The zero-order valence-electron chi connectivity index (χ0n) is 19.1. The largest absolute Gasteiger partial charge is 0.493 e. The number of fused-ring (bicyclic) bond motifs is 3. The summed E-state index contributed by atoms with van der Waals surface area (Å²) in [7, 11) is 3.25. The molecule has 6 heteroatoms. The number of halogens is 1. The maximum absolute atomic E-state index is 12.9. The third kappa shape index (κ3) is 3.45. The molecule has 0 spiro atoms. The Bertz CT molecular complexity index is 1170. The Morgan fingerprint density at radius 3 is 2.34 bits per heavy atom. The van der Waals surface area contributed by atoms with Gasteiger partial charge < -0.3 is 18.8 Å². The van der Waals surface area contributed by atoms with E-state index in [1.165, 1.54) is 0 Å². The van der Waals surface area contributed by atoms with Gasteiger partial charge in [-0.05, 0) is 55.7 Å². The minimum Gasteiger partial charge on any atom is -0.493 e. The summed E-state index contributed by atoms with van der Waals surface area (Å²) < 4.78 is 18.9. The van der Waals surface area contributed by atoms with Gasteiger partial charge in [-0.1, -0.05) is 36.7 Å². The van der Waals surface area contributed by atoms with Crippen LogP contribution in [0.3, 0.4) is 0 Å². The van der Waals surface area contributed by atoms with Crippen LogP contribution in [0.15, 0.2) is 42.5 Å². The number of ether oxygens (including phenoxy) is 3. The molecule has 4 rings (SSSR count). The monoisotopic (exact) mass is 453 g/mol. The molecule has 32 heavy (non-hydrogen) atoms. The van der Waals surface area contributed by atoms with Crippen molar-refractivity contribution >= 4 is 17.6 Å². The molecule has 168 valence electrons. The Hall–Kier alpha value is -2.92. The first-order chi connectivity index (χ1) is 15.5. The minimum atomic E-state index is -0.323. The number of aryl methyl sites for hydroxylation is 1. The molecule has 2 unspecified atom stereocenters. The van der Waals surface area contributed by atoms with Crippen LogP contribution < -0.4 is 9.47 Å². The Labute approximate surface area is 193 Å². The number of esters is 1. The predicted octanol–water partition coefficient (Wildman–Crippen LogP) is 6.41. The highest BCUT2D eigenvalue weighted by Gasteiger charge is 2.39. The molecule has 0 bridgehead atoms. The molecule has 2 heterocycles. The van der Waals surface area contributed by atoms with Crippen LogP contribution in [0, 0.1) is 6.92 Å². The second-order valence-electron chi connectivity index (χ2n) is 7.91. The van der Waals surface area contributed by atoms with Gasteiger partial charge in [0.2, 0.25) is 0 Å². The van der Waals surface area contributed by atoms with E-state index in [1.54, 1.807) is 14.2 Å². The molecule has 1 aromatic heterocycles. The van der Waals surface area contributed by atoms with Gasteiger partial charge in [-0.15, -0.1) is 0 Å². The van der Waals surface area contributed by atoms with Crippen molar-refractivity contribution in [1.82, 2.24) is 4.57 Å². The second-order valence-corrected chi connectivity index (χ2v) is 8.31. The van der Waals surface area contributed by atoms with E-state index in [1.807, 2.05) is 50.2 Å². The molecule has 0 saturated carbocycles. The number of aromatic nitrogens is 1. The lowest BCUT2D eigenvalue weighted by Gasteiger charge is -2.38. The van der Waals surface area contributed by atoms with Gasteiger partial charge in [0.15, 0.2) is 11.5 Å². The maximum Gasteiger partial charge on any atom is 0.340 e. The molecule has 0 saturated heterocycles. The first-order valence-corrected chi connectivity index (χ1v) is 11.2. The number of rotatable bonds is 6. The highest BCUT2D eigenvalue weighted by Crippen LogP contribution is 2.53. The number of carbonyl (C=O) groups excluding carboxylic acids is 1. The smallest absolute Gasteiger partial charge is 0.340 e. The normalized spacial score (nSPS) is 16.8. The van der Waals surface area contributed by atoms with Crippen LogP contribution in [0.5, 0.6) is 11.5 Å². The summed E-state index contributed by atoms with van der Waals surface area (Å²) in [5, 5.41) is 0.718. The van der Waals surface area contributed by atoms with Gasteiger partial charge in [-0.25, -0.2) is 4.79 Å². The van der Waals surface area contributed by atoms with Gasteiger partial charge in [0.05, 0.1) is 32.1 Å². The van der Waals surface area contributed by atoms with Crippen molar-refractivity contribution in [3.05, 3.63) is 69.9 Å². The Morgan fingerprint density at radius 2 is 1.72 bits per heavy atom. The van der Waals surface area contributed by atoms with Gasteiger partial charge >= 0.3 is 5.97 Å². The topological polar surface area (TPSA) is 49.7 Å². The van der Waals surface area contributed by atoms with Gasteiger partial charge in [0.25, 0.3) is 0 Å². The quantitative estimate of drug-likeness (QED) is 0.405. The predicted molar refractivity (Wildman–Crippen MR) is 126 cm³/mol. The Morgan fingerprint density at radius 1 is 1.03 bits per heavy atom. The van der Waals surface area contributed by atoms with E-state index in [2.05, 4.69) is 17.6 Å². The average Bonchev–Trinajstić information content (AvgIpc) is 3.15. The summed E-state index contributed by atoms with van der Waals surface area (Å²) >= 11 is 6.70. The minimum absolute atomic E-state index is 0.0165. The number of hydrogen-bond acceptors (Lipinski definition) is 4. The van der Waals surface area contributed by atoms with Crippen molar-refractivity contribution in [2.75, 3.05) is 20.8 Å². The highest BCUT2D eigenvalue weighted by molar-refractivity contribution is 6.31. The molecule has 0 N–H and O–H groups in total. The van der Waals surface area contributed by atoms with Gasteiger partial charge in [-0.3, -0.25) is 0 Å². The number of benzene rings is 2. The number of carbonyl (C=O) groups is 1. The third-order valence-corrected chi connectivity index (χ3v) is 6.59. The zero-order chi connectivity index (χ0) is 23.0. The number of methoxy groups -OCH3 is 2. The lowest BCUT2D eigenvalue weighted by Crippen LogP contribution is -2.26. The van der Waals surface area contributed by atoms with Crippen molar-refractivity contribution in [1.29, 1.82) is 0 Å². The fourth-order valence-corrected chi connectivity index (χ4v) is 5.21. The van der Waals surface area contributed by atoms with E-state index >= 15 is 0 Å². The van der Waals surface area contributed by atoms with Crippen molar-refractivity contribution in [2.45, 2.75) is 39.2 Å². The molecule has 0 radical (unpaired) electrons.